The molecule has 0 atom stereocenters. The van der Waals surface area contributed by atoms with Crippen LogP contribution < -0.4 is 0 Å². The first kappa shape index (κ1) is 10.3. The molecular formula is C12H18O. The molecule has 0 saturated carbocycles. The summed E-state index contributed by atoms with van der Waals surface area (Å²) in [5.41, 5.74) is 3.16. The largest absolute Gasteiger partial charge is 0.388 e. The molecule has 1 aliphatic rings. The summed E-state index contributed by atoms with van der Waals surface area (Å²) in [5, 5.41) is 0. The third kappa shape index (κ3) is 3.19. The van der Waals surface area contributed by atoms with Gasteiger partial charge in [0.1, 0.15) is 0 Å². The first-order valence-electron chi connectivity index (χ1n) is 4.85. The fourth-order valence-electron chi connectivity index (χ4n) is 1.68. The Morgan fingerprint density at radius 2 is 1.31 bits per heavy atom. The maximum atomic E-state index is 4.25. The van der Waals surface area contributed by atoms with E-state index in [0.717, 1.165) is 0 Å². The third-order valence-corrected chi connectivity index (χ3v) is 2.26. The lowest BCUT2D eigenvalue weighted by Gasteiger charge is -2.13. The van der Waals surface area contributed by atoms with Crippen molar-refractivity contribution in [1.29, 1.82) is 0 Å². The third-order valence-electron chi connectivity index (χ3n) is 2.26. The Labute approximate surface area is 80.7 Å². The Morgan fingerprint density at radius 3 is 1.69 bits per heavy atom. The molecule has 0 fully saturated rings. The molecular weight excluding hydrogens is 160 g/mol. The van der Waals surface area contributed by atoms with E-state index in [1.807, 2.05) is 0 Å². The lowest BCUT2D eigenvalue weighted by atomic mass is 9.92. The van der Waals surface area contributed by atoms with E-state index in [0.29, 0.717) is 0 Å². The summed E-state index contributed by atoms with van der Waals surface area (Å²) < 4.78 is 4.25. The maximum absolute atomic E-state index is 4.25. The first-order chi connectivity index (χ1) is 6.38. The lowest BCUT2D eigenvalue weighted by molar-refractivity contribution is 0.277. The van der Waals surface area contributed by atoms with Crippen LogP contribution in [0.25, 0.3) is 0 Å². The van der Waals surface area contributed by atoms with E-state index < -0.39 is 0 Å². The molecule has 0 aromatic heterocycles. The molecule has 0 unspecified atom stereocenters. The summed E-state index contributed by atoms with van der Waals surface area (Å²) in [6.45, 7) is 0. The van der Waals surface area contributed by atoms with Crippen LogP contribution >= 0.6 is 0 Å². The number of aryl methyl sites for hydroxylation is 2. The molecule has 2 rings (SSSR count). The fraction of sp³-hybridized carbons (Fsp3) is 0.500. The van der Waals surface area contributed by atoms with Gasteiger partial charge in [-0.2, -0.15) is 0 Å². The first-order valence-corrected chi connectivity index (χ1v) is 4.85. The molecule has 0 amide bonds. The van der Waals surface area contributed by atoms with E-state index in [4.69, 9.17) is 0 Å². The van der Waals surface area contributed by atoms with E-state index in [2.05, 4.69) is 29.0 Å². The second-order valence-corrected chi connectivity index (χ2v) is 3.38. The highest BCUT2D eigenvalue weighted by atomic mass is 16.4. The normalized spacial score (nSPS) is 14.0. The van der Waals surface area contributed by atoms with Crippen LogP contribution in [0.5, 0.6) is 0 Å². The van der Waals surface area contributed by atoms with Gasteiger partial charge in [-0.3, -0.25) is 0 Å². The van der Waals surface area contributed by atoms with E-state index in [9.17, 15) is 0 Å². The summed E-state index contributed by atoms with van der Waals surface area (Å²) in [4.78, 5) is 0. The van der Waals surface area contributed by atoms with Gasteiger partial charge in [0.05, 0.1) is 0 Å². The van der Waals surface area contributed by atoms with Gasteiger partial charge in [-0.15, -0.1) is 0 Å². The zero-order valence-electron chi connectivity index (χ0n) is 8.55. The van der Waals surface area contributed by atoms with E-state index in [1.54, 1.807) is 25.3 Å². The average molecular weight is 178 g/mol. The van der Waals surface area contributed by atoms with Gasteiger partial charge < -0.3 is 4.74 Å². The minimum absolute atomic E-state index is 1.30. The van der Waals surface area contributed by atoms with Crippen LogP contribution in [-0.2, 0) is 17.6 Å². The Balaban J connectivity index is 0.000000251. The Hall–Kier alpha value is -0.820. The van der Waals surface area contributed by atoms with Crippen molar-refractivity contribution in [2.75, 3.05) is 14.2 Å². The minimum Gasteiger partial charge on any atom is -0.388 e. The van der Waals surface area contributed by atoms with E-state index >= 15 is 0 Å². The zero-order chi connectivity index (χ0) is 9.52. The van der Waals surface area contributed by atoms with Crippen molar-refractivity contribution in [3.8, 4) is 0 Å². The summed E-state index contributed by atoms with van der Waals surface area (Å²) in [6, 6.07) is 8.80. The molecule has 1 heteroatoms. The van der Waals surface area contributed by atoms with Crippen LogP contribution in [-0.4, -0.2) is 14.2 Å². The van der Waals surface area contributed by atoms with Gasteiger partial charge in [0, 0.05) is 14.2 Å². The highest BCUT2D eigenvalue weighted by molar-refractivity contribution is 5.28. The maximum Gasteiger partial charge on any atom is 0.0351 e. The second-order valence-electron chi connectivity index (χ2n) is 3.38. The molecule has 0 spiro atoms. The summed E-state index contributed by atoms with van der Waals surface area (Å²) in [5.74, 6) is 0. The van der Waals surface area contributed by atoms with Crippen molar-refractivity contribution in [3.05, 3.63) is 35.4 Å². The van der Waals surface area contributed by atoms with Crippen molar-refractivity contribution in [2.24, 2.45) is 0 Å². The monoisotopic (exact) mass is 178 g/mol. The number of hydrogen-bond donors (Lipinski definition) is 0. The molecule has 0 heterocycles. The Kier molecular flexibility index (Phi) is 4.55. The zero-order valence-corrected chi connectivity index (χ0v) is 8.55. The molecule has 1 aromatic carbocycles. The molecule has 0 N–H and O–H groups in total. The average Bonchev–Trinajstić information content (AvgIpc) is 2.19. The van der Waals surface area contributed by atoms with Crippen molar-refractivity contribution >= 4 is 0 Å². The van der Waals surface area contributed by atoms with Crippen LogP contribution in [0.3, 0.4) is 0 Å². The van der Waals surface area contributed by atoms with Crippen LogP contribution in [0.4, 0.5) is 0 Å². The molecule has 72 valence electrons. The predicted octanol–water partition coefficient (Wildman–Crippen LogP) is 2.83. The van der Waals surface area contributed by atoms with Crippen LogP contribution in [0, 0.1) is 0 Å². The topological polar surface area (TPSA) is 9.23 Å². The Morgan fingerprint density at radius 1 is 0.923 bits per heavy atom. The SMILES string of the molecule is COC.c1ccc2c(c1)CCCC2. The van der Waals surface area contributed by atoms with Crippen molar-refractivity contribution < 1.29 is 4.74 Å². The van der Waals surface area contributed by atoms with Crippen LogP contribution in [0.1, 0.15) is 24.0 Å². The molecule has 0 saturated heterocycles. The molecule has 0 radical (unpaired) electrons. The molecule has 0 aliphatic heterocycles. The minimum atomic E-state index is 1.30. The van der Waals surface area contributed by atoms with E-state index in [-0.39, 0.29) is 0 Å². The summed E-state index contributed by atoms with van der Waals surface area (Å²) in [7, 11) is 3.25. The van der Waals surface area contributed by atoms with Gasteiger partial charge in [-0.1, -0.05) is 24.3 Å². The molecule has 1 aromatic rings. The lowest BCUT2D eigenvalue weighted by Crippen LogP contribution is -2.00. The summed E-state index contributed by atoms with van der Waals surface area (Å²) >= 11 is 0. The van der Waals surface area contributed by atoms with Crippen LogP contribution in [0.2, 0.25) is 0 Å². The quantitative estimate of drug-likeness (QED) is 0.593. The number of hydrogen-bond acceptors (Lipinski definition) is 1. The highest BCUT2D eigenvalue weighted by Crippen LogP contribution is 2.19. The van der Waals surface area contributed by atoms with Gasteiger partial charge in [-0.05, 0) is 36.8 Å². The van der Waals surface area contributed by atoms with Gasteiger partial charge in [-0.25, -0.2) is 0 Å². The van der Waals surface area contributed by atoms with Crippen molar-refractivity contribution in [3.63, 3.8) is 0 Å². The smallest absolute Gasteiger partial charge is 0.0351 e. The number of fused-ring (bicyclic) bond motifs is 1. The molecule has 1 nitrogen and oxygen atoms in total. The number of benzene rings is 1. The fourth-order valence-corrected chi connectivity index (χ4v) is 1.68. The van der Waals surface area contributed by atoms with Gasteiger partial charge in [0.2, 0.25) is 0 Å². The number of rotatable bonds is 0. The standard InChI is InChI=1S/C10H12.C2H6O/c1-2-6-10-8-4-3-7-9(10)5-1;1-3-2/h1-2,5-6H,3-4,7-8H2;1-2H3. The van der Waals surface area contributed by atoms with Gasteiger partial charge >= 0.3 is 0 Å². The second kappa shape index (κ2) is 5.76. The van der Waals surface area contributed by atoms with Crippen LogP contribution in [0.15, 0.2) is 24.3 Å². The molecule has 0 bridgehead atoms. The highest BCUT2D eigenvalue weighted by Gasteiger charge is 2.05. The summed E-state index contributed by atoms with van der Waals surface area (Å²) in [6.07, 6.45) is 5.38. The van der Waals surface area contributed by atoms with E-state index in [1.165, 1.54) is 25.7 Å². The molecule has 1 aliphatic carbocycles. The van der Waals surface area contributed by atoms with Gasteiger partial charge in [0.25, 0.3) is 0 Å². The van der Waals surface area contributed by atoms with Crippen molar-refractivity contribution in [2.45, 2.75) is 25.7 Å². The van der Waals surface area contributed by atoms with Gasteiger partial charge in [0.15, 0.2) is 0 Å². The molecule has 13 heavy (non-hydrogen) atoms. The number of ether oxygens (including phenoxy) is 1. The van der Waals surface area contributed by atoms with Crippen molar-refractivity contribution in [1.82, 2.24) is 0 Å². The Bertz CT molecular complexity index is 218. The predicted molar refractivity (Wildman–Crippen MR) is 56.0 cm³/mol. The number of methoxy groups -OCH3 is 1.